The van der Waals surface area contributed by atoms with Crippen molar-refractivity contribution in [3.8, 4) is 0 Å². The molecule has 132 valence electrons. The fourth-order valence-corrected chi connectivity index (χ4v) is 4.56. The molecule has 3 rings (SSSR count). The van der Waals surface area contributed by atoms with Crippen molar-refractivity contribution in [3.63, 3.8) is 0 Å². The van der Waals surface area contributed by atoms with Gasteiger partial charge in [0.25, 0.3) is 0 Å². The Morgan fingerprint density at radius 2 is 2.12 bits per heavy atom. The molecule has 2 atom stereocenters. The molecule has 1 saturated heterocycles. The van der Waals surface area contributed by atoms with Crippen molar-refractivity contribution in [1.29, 1.82) is 0 Å². The van der Waals surface area contributed by atoms with Crippen LogP contribution in [0.2, 0.25) is 0 Å². The summed E-state index contributed by atoms with van der Waals surface area (Å²) in [6, 6.07) is 0.346. The quantitative estimate of drug-likeness (QED) is 0.855. The molecule has 1 aromatic rings. The second kappa shape index (κ2) is 7.59. The van der Waals surface area contributed by atoms with Crippen LogP contribution in [-0.2, 0) is 9.59 Å². The molecule has 1 saturated carbocycles. The molecule has 0 unspecified atom stereocenters. The predicted octanol–water partition coefficient (Wildman–Crippen LogP) is 3.17. The van der Waals surface area contributed by atoms with Gasteiger partial charge in [-0.2, -0.15) is 0 Å². The molecule has 1 N–H and O–H groups in total. The maximum absolute atomic E-state index is 12.5. The average molecular weight is 350 g/mol. The van der Waals surface area contributed by atoms with Crippen molar-refractivity contribution >= 4 is 28.3 Å². The van der Waals surface area contributed by atoms with Crippen LogP contribution in [0.25, 0.3) is 0 Å². The smallest absolute Gasteiger partial charge is 0.231 e. The number of anilines is 1. The van der Waals surface area contributed by atoms with E-state index < -0.39 is 0 Å². The number of likely N-dealkylation sites (tertiary alicyclic amines) is 1. The van der Waals surface area contributed by atoms with E-state index in [1.54, 1.807) is 0 Å². The average Bonchev–Trinajstić information content (AvgIpc) is 3.27. The van der Waals surface area contributed by atoms with Gasteiger partial charge in [0.1, 0.15) is 5.01 Å². The van der Waals surface area contributed by atoms with E-state index in [4.69, 9.17) is 0 Å². The lowest BCUT2D eigenvalue weighted by molar-refractivity contribution is -0.129. The summed E-state index contributed by atoms with van der Waals surface area (Å²) < 4.78 is 0. The Labute approximate surface area is 147 Å². The minimum Gasteiger partial charge on any atom is -0.339 e. The molecule has 0 radical (unpaired) electrons. The second-order valence-corrected chi connectivity index (χ2v) is 8.02. The zero-order chi connectivity index (χ0) is 17.1. The molecule has 24 heavy (non-hydrogen) atoms. The predicted molar refractivity (Wildman–Crippen MR) is 93.9 cm³/mol. The molecule has 0 aromatic carbocycles. The van der Waals surface area contributed by atoms with E-state index in [9.17, 15) is 9.59 Å². The van der Waals surface area contributed by atoms with Gasteiger partial charge in [-0.05, 0) is 19.3 Å². The highest BCUT2D eigenvalue weighted by Crippen LogP contribution is 2.31. The summed E-state index contributed by atoms with van der Waals surface area (Å²) in [5.74, 6) is 0.119. The molecule has 2 amide bonds. The van der Waals surface area contributed by atoms with Gasteiger partial charge in [0.05, 0.1) is 5.92 Å². The molecular weight excluding hydrogens is 324 g/mol. The Balaban J connectivity index is 1.56. The third-order valence-corrected chi connectivity index (χ3v) is 6.18. The highest BCUT2D eigenvalue weighted by Gasteiger charge is 2.38. The molecule has 6 nitrogen and oxygen atoms in total. The summed E-state index contributed by atoms with van der Waals surface area (Å²) in [4.78, 5) is 26.6. The second-order valence-electron chi connectivity index (χ2n) is 7.01. The molecule has 1 aliphatic heterocycles. The number of carbonyl (C=O) groups excluding carboxylic acids is 2. The van der Waals surface area contributed by atoms with Crippen molar-refractivity contribution in [1.82, 2.24) is 15.1 Å². The molecule has 2 aliphatic rings. The first-order valence-corrected chi connectivity index (χ1v) is 9.83. The van der Waals surface area contributed by atoms with Gasteiger partial charge < -0.3 is 10.2 Å². The highest BCUT2D eigenvalue weighted by molar-refractivity contribution is 7.15. The highest BCUT2D eigenvalue weighted by atomic mass is 32.1. The van der Waals surface area contributed by atoms with E-state index in [0.29, 0.717) is 30.1 Å². The molecule has 0 spiro atoms. The fourth-order valence-electron chi connectivity index (χ4n) is 3.72. The molecule has 1 aliphatic carbocycles. The summed E-state index contributed by atoms with van der Waals surface area (Å²) in [5, 5.41) is 12.6. The lowest BCUT2D eigenvalue weighted by atomic mass is 10.1. The van der Waals surface area contributed by atoms with Gasteiger partial charge in [0, 0.05) is 24.9 Å². The number of hydrogen-bond acceptors (Lipinski definition) is 5. The summed E-state index contributed by atoms with van der Waals surface area (Å²) in [5.41, 5.74) is 0. The minimum absolute atomic E-state index is 0.102. The van der Waals surface area contributed by atoms with Crippen LogP contribution >= 0.6 is 11.3 Å². The number of hydrogen-bond donors (Lipinski definition) is 1. The zero-order valence-electron chi connectivity index (χ0n) is 14.5. The summed E-state index contributed by atoms with van der Waals surface area (Å²) >= 11 is 1.44. The van der Waals surface area contributed by atoms with Crippen LogP contribution in [0.5, 0.6) is 0 Å². The first-order chi connectivity index (χ1) is 11.6. The molecule has 1 aromatic heterocycles. The van der Waals surface area contributed by atoms with Crippen LogP contribution < -0.4 is 5.32 Å². The largest absolute Gasteiger partial charge is 0.339 e. The van der Waals surface area contributed by atoms with Crippen LogP contribution in [0.15, 0.2) is 0 Å². The van der Waals surface area contributed by atoms with Gasteiger partial charge in [0.2, 0.25) is 16.9 Å². The summed E-state index contributed by atoms with van der Waals surface area (Å²) in [6.07, 6.45) is 7.02. The van der Waals surface area contributed by atoms with Crippen LogP contribution in [0.3, 0.4) is 0 Å². The molecule has 2 heterocycles. The van der Waals surface area contributed by atoms with Crippen molar-refractivity contribution in [3.05, 3.63) is 5.01 Å². The summed E-state index contributed by atoms with van der Waals surface area (Å²) in [6.45, 7) is 4.82. The number of amides is 2. The Morgan fingerprint density at radius 3 is 2.83 bits per heavy atom. The SMILES string of the molecule is CCC[C@@H](C)c1nnc(NC(=O)[C@@H]2CC(=O)N(C3CCCC3)C2)s1. The van der Waals surface area contributed by atoms with E-state index >= 15 is 0 Å². The van der Waals surface area contributed by atoms with Crippen LogP contribution in [0, 0.1) is 5.92 Å². The maximum atomic E-state index is 12.5. The van der Waals surface area contributed by atoms with E-state index in [2.05, 4.69) is 29.4 Å². The van der Waals surface area contributed by atoms with E-state index in [0.717, 1.165) is 30.7 Å². The lowest BCUT2D eigenvalue weighted by Crippen LogP contribution is -2.35. The third-order valence-electron chi connectivity index (χ3n) is 5.11. The number of nitrogens with zero attached hydrogens (tertiary/aromatic N) is 3. The third kappa shape index (κ3) is 3.77. The van der Waals surface area contributed by atoms with E-state index in [1.807, 2.05) is 4.90 Å². The molecule has 7 heteroatoms. The molecule has 0 bridgehead atoms. The number of carbonyl (C=O) groups is 2. The van der Waals surface area contributed by atoms with Crippen LogP contribution in [-0.4, -0.2) is 39.5 Å². The monoisotopic (exact) mass is 350 g/mol. The fraction of sp³-hybridized carbons (Fsp3) is 0.765. The number of rotatable bonds is 6. The van der Waals surface area contributed by atoms with Crippen molar-refractivity contribution in [2.75, 3.05) is 11.9 Å². The minimum atomic E-state index is -0.265. The van der Waals surface area contributed by atoms with Crippen molar-refractivity contribution < 1.29 is 9.59 Å². The Morgan fingerprint density at radius 1 is 1.38 bits per heavy atom. The van der Waals surface area contributed by atoms with Gasteiger partial charge in [-0.3, -0.25) is 9.59 Å². The van der Waals surface area contributed by atoms with Crippen molar-refractivity contribution in [2.45, 2.75) is 70.8 Å². The van der Waals surface area contributed by atoms with Gasteiger partial charge in [0.15, 0.2) is 0 Å². The number of aromatic nitrogens is 2. The molecular formula is C17H26N4O2S. The van der Waals surface area contributed by atoms with Crippen LogP contribution in [0.1, 0.15) is 69.7 Å². The van der Waals surface area contributed by atoms with E-state index in [-0.39, 0.29) is 17.7 Å². The van der Waals surface area contributed by atoms with Gasteiger partial charge in [-0.25, -0.2) is 0 Å². The van der Waals surface area contributed by atoms with Gasteiger partial charge in [-0.15, -0.1) is 10.2 Å². The Bertz CT molecular complexity index is 597. The Hall–Kier alpha value is -1.50. The van der Waals surface area contributed by atoms with Gasteiger partial charge >= 0.3 is 0 Å². The standard InChI is InChI=1S/C17H26N4O2S/c1-3-6-11(2)16-19-20-17(24-16)18-15(23)12-9-14(22)21(10-12)13-7-4-5-8-13/h11-13H,3-10H2,1-2H3,(H,18,20,23)/t11-,12-/m1/s1. The van der Waals surface area contributed by atoms with Crippen molar-refractivity contribution in [2.24, 2.45) is 5.92 Å². The molecule has 2 fully saturated rings. The maximum Gasteiger partial charge on any atom is 0.231 e. The zero-order valence-corrected chi connectivity index (χ0v) is 15.3. The number of nitrogens with one attached hydrogen (secondary N) is 1. The normalized spacial score (nSPS) is 23.0. The Kier molecular flexibility index (Phi) is 5.48. The lowest BCUT2D eigenvalue weighted by Gasteiger charge is -2.23. The first kappa shape index (κ1) is 17.3. The summed E-state index contributed by atoms with van der Waals surface area (Å²) in [7, 11) is 0. The topological polar surface area (TPSA) is 75.2 Å². The van der Waals surface area contributed by atoms with Gasteiger partial charge in [-0.1, -0.05) is 44.4 Å². The van der Waals surface area contributed by atoms with E-state index in [1.165, 1.54) is 24.2 Å². The van der Waals surface area contributed by atoms with Crippen LogP contribution in [0.4, 0.5) is 5.13 Å². The first-order valence-electron chi connectivity index (χ1n) is 9.02.